The van der Waals surface area contributed by atoms with Crippen LogP contribution in [0.25, 0.3) is 0 Å². The summed E-state index contributed by atoms with van der Waals surface area (Å²) in [6, 6.07) is 8.37. The van der Waals surface area contributed by atoms with Gasteiger partial charge in [0.1, 0.15) is 12.2 Å². The van der Waals surface area contributed by atoms with Crippen LogP contribution >= 0.6 is 0 Å². The molecule has 0 aromatic heterocycles. The lowest BCUT2D eigenvalue weighted by molar-refractivity contribution is -0.261. The van der Waals surface area contributed by atoms with Crippen LogP contribution in [0.5, 0.6) is 0 Å². The first-order valence-electron chi connectivity index (χ1n) is 5.90. The molecule has 0 bridgehead atoms. The number of esters is 1. The minimum Gasteiger partial charge on any atom is -0.450 e. The Morgan fingerprint density at radius 2 is 2.00 bits per heavy atom. The number of ether oxygens (including phenoxy) is 3. The van der Waals surface area contributed by atoms with Gasteiger partial charge in [-0.15, -0.1) is 0 Å². The molecule has 1 aromatic rings. The van der Waals surface area contributed by atoms with Crippen LogP contribution in [0.1, 0.15) is 10.4 Å². The molecular formula is C13H16O6. The maximum atomic E-state index is 11.9. The first-order valence-corrected chi connectivity index (χ1v) is 5.90. The molecule has 1 unspecified atom stereocenters. The van der Waals surface area contributed by atoms with Crippen molar-refractivity contribution in [3.05, 3.63) is 35.9 Å². The number of aliphatic hydroxyl groups is 2. The van der Waals surface area contributed by atoms with E-state index in [9.17, 15) is 15.0 Å². The predicted octanol–water partition coefficient (Wildman–Crippen LogP) is -0.0635. The molecule has 1 heterocycles. The molecule has 1 aliphatic rings. The maximum absolute atomic E-state index is 11.9. The van der Waals surface area contributed by atoms with E-state index in [1.165, 1.54) is 7.11 Å². The predicted molar refractivity (Wildman–Crippen MR) is 64.4 cm³/mol. The topological polar surface area (TPSA) is 85.2 Å². The zero-order valence-corrected chi connectivity index (χ0v) is 10.4. The number of benzene rings is 1. The summed E-state index contributed by atoms with van der Waals surface area (Å²) in [5, 5.41) is 19.4. The third kappa shape index (κ3) is 3.10. The van der Waals surface area contributed by atoms with E-state index >= 15 is 0 Å². The van der Waals surface area contributed by atoms with Crippen molar-refractivity contribution in [2.75, 3.05) is 13.7 Å². The molecule has 2 N–H and O–H groups in total. The fraction of sp³-hybridized carbons (Fsp3) is 0.462. The van der Waals surface area contributed by atoms with Crippen LogP contribution < -0.4 is 0 Å². The summed E-state index contributed by atoms with van der Waals surface area (Å²) in [4.78, 5) is 11.9. The van der Waals surface area contributed by atoms with Gasteiger partial charge >= 0.3 is 5.97 Å². The molecule has 19 heavy (non-hydrogen) atoms. The van der Waals surface area contributed by atoms with Gasteiger partial charge in [0.15, 0.2) is 12.4 Å². The Labute approximate surface area is 110 Å². The summed E-state index contributed by atoms with van der Waals surface area (Å²) in [5.74, 6) is -0.607. The summed E-state index contributed by atoms with van der Waals surface area (Å²) < 4.78 is 15.3. The molecule has 6 heteroatoms. The summed E-state index contributed by atoms with van der Waals surface area (Å²) >= 11 is 0. The fourth-order valence-corrected chi connectivity index (χ4v) is 1.86. The zero-order chi connectivity index (χ0) is 13.8. The summed E-state index contributed by atoms with van der Waals surface area (Å²) in [7, 11) is 1.37. The summed E-state index contributed by atoms with van der Waals surface area (Å²) in [6.45, 7) is -0.0704. The first kappa shape index (κ1) is 14.0. The summed E-state index contributed by atoms with van der Waals surface area (Å²) in [5.41, 5.74) is 0.351. The zero-order valence-electron chi connectivity index (χ0n) is 10.4. The number of carbonyl (C=O) groups is 1. The van der Waals surface area contributed by atoms with E-state index in [1.807, 2.05) is 0 Å². The first-order chi connectivity index (χ1) is 9.13. The second-order valence-electron chi connectivity index (χ2n) is 4.23. The molecule has 2 rings (SSSR count). The van der Waals surface area contributed by atoms with E-state index in [2.05, 4.69) is 0 Å². The third-order valence-corrected chi connectivity index (χ3v) is 2.92. The summed E-state index contributed by atoms with van der Waals surface area (Å²) in [6.07, 6.45) is -4.32. The Morgan fingerprint density at radius 3 is 2.63 bits per heavy atom. The quantitative estimate of drug-likeness (QED) is 0.747. The number of hydrogen-bond donors (Lipinski definition) is 2. The molecule has 0 amide bonds. The molecule has 104 valence electrons. The molecule has 0 aliphatic carbocycles. The van der Waals surface area contributed by atoms with Crippen LogP contribution in [-0.4, -0.2) is 54.5 Å². The SMILES string of the molecule is COC1OC[C@@H](O)[C@@H](O)[C@H]1OC(=O)c1ccccc1. The average Bonchev–Trinajstić information content (AvgIpc) is 2.45. The second-order valence-corrected chi connectivity index (χ2v) is 4.23. The fourth-order valence-electron chi connectivity index (χ4n) is 1.86. The molecule has 1 aliphatic heterocycles. The molecule has 0 spiro atoms. The Balaban J connectivity index is 2.08. The molecular weight excluding hydrogens is 252 g/mol. The van der Waals surface area contributed by atoms with Gasteiger partial charge in [-0.25, -0.2) is 4.79 Å². The van der Waals surface area contributed by atoms with Crippen LogP contribution in [0, 0.1) is 0 Å². The largest absolute Gasteiger partial charge is 0.450 e. The second kappa shape index (κ2) is 6.12. The van der Waals surface area contributed by atoms with Crippen molar-refractivity contribution >= 4 is 5.97 Å². The van der Waals surface area contributed by atoms with Gasteiger partial charge in [-0.05, 0) is 12.1 Å². The molecule has 1 aromatic carbocycles. The van der Waals surface area contributed by atoms with Crippen molar-refractivity contribution in [2.24, 2.45) is 0 Å². The normalized spacial score (nSPS) is 30.9. The van der Waals surface area contributed by atoms with Crippen LogP contribution in [-0.2, 0) is 14.2 Å². The van der Waals surface area contributed by atoms with Gasteiger partial charge in [-0.3, -0.25) is 0 Å². The van der Waals surface area contributed by atoms with E-state index in [4.69, 9.17) is 14.2 Å². The average molecular weight is 268 g/mol. The highest BCUT2D eigenvalue weighted by Gasteiger charge is 2.41. The van der Waals surface area contributed by atoms with Gasteiger partial charge in [-0.2, -0.15) is 0 Å². The molecule has 0 radical (unpaired) electrons. The van der Waals surface area contributed by atoms with Crippen molar-refractivity contribution in [3.63, 3.8) is 0 Å². The highest BCUT2D eigenvalue weighted by Crippen LogP contribution is 2.20. The number of hydrogen-bond acceptors (Lipinski definition) is 6. The Bertz CT molecular complexity index is 418. The number of rotatable bonds is 3. The van der Waals surface area contributed by atoms with Gasteiger partial charge in [0.05, 0.1) is 12.2 Å². The van der Waals surface area contributed by atoms with Crippen molar-refractivity contribution in [3.8, 4) is 0 Å². The van der Waals surface area contributed by atoms with E-state index in [0.29, 0.717) is 5.56 Å². The van der Waals surface area contributed by atoms with Crippen LogP contribution in [0.2, 0.25) is 0 Å². The Kier molecular flexibility index (Phi) is 4.49. The van der Waals surface area contributed by atoms with Crippen molar-refractivity contribution in [1.82, 2.24) is 0 Å². The number of carbonyl (C=O) groups excluding carboxylic acids is 1. The number of methoxy groups -OCH3 is 1. The molecule has 4 atom stereocenters. The van der Waals surface area contributed by atoms with E-state index in [0.717, 1.165) is 0 Å². The van der Waals surface area contributed by atoms with Crippen LogP contribution in [0.15, 0.2) is 30.3 Å². The monoisotopic (exact) mass is 268 g/mol. The van der Waals surface area contributed by atoms with Crippen LogP contribution in [0.3, 0.4) is 0 Å². The molecule has 0 saturated carbocycles. The van der Waals surface area contributed by atoms with Crippen LogP contribution in [0.4, 0.5) is 0 Å². The van der Waals surface area contributed by atoms with Gasteiger partial charge in [0.25, 0.3) is 0 Å². The highest BCUT2D eigenvalue weighted by molar-refractivity contribution is 5.89. The minimum atomic E-state index is -1.24. The maximum Gasteiger partial charge on any atom is 0.338 e. The minimum absolute atomic E-state index is 0.0704. The molecule has 1 fully saturated rings. The van der Waals surface area contributed by atoms with Crippen molar-refractivity contribution < 1.29 is 29.2 Å². The van der Waals surface area contributed by atoms with E-state index in [-0.39, 0.29) is 6.61 Å². The molecule has 6 nitrogen and oxygen atoms in total. The Morgan fingerprint density at radius 1 is 1.32 bits per heavy atom. The van der Waals surface area contributed by atoms with E-state index in [1.54, 1.807) is 30.3 Å². The van der Waals surface area contributed by atoms with Gasteiger partial charge in [-0.1, -0.05) is 18.2 Å². The standard InChI is InChI=1S/C13H16O6/c1-17-13-11(10(15)9(14)7-18-13)19-12(16)8-5-3-2-4-6-8/h2-6,9-11,13-15H,7H2,1H3/t9-,10-,11-,13?/m1/s1. The van der Waals surface area contributed by atoms with Gasteiger partial charge < -0.3 is 24.4 Å². The van der Waals surface area contributed by atoms with Gasteiger partial charge in [0, 0.05) is 7.11 Å². The lowest BCUT2D eigenvalue weighted by Gasteiger charge is -2.36. The lowest BCUT2D eigenvalue weighted by atomic mass is 10.1. The number of aliphatic hydroxyl groups excluding tert-OH is 2. The smallest absolute Gasteiger partial charge is 0.338 e. The van der Waals surface area contributed by atoms with Gasteiger partial charge in [0.2, 0.25) is 0 Å². The highest BCUT2D eigenvalue weighted by atomic mass is 16.7. The lowest BCUT2D eigenvalue weighted by Crippen LogP contribution is -2.55. The van der Waals surface area contributed by atoms with E-state index < -0.39 is 30.6 Å². The Hall–Kier alpha value is -1.47. The van der Waals surface area contributed by atoms with Crippen molar-refractivity contribution in [1.29, 1.82) is 0 Å². The third-order valence-electron chi connectivity index (χ3n) is 2.92. The molecule has 1 saturated heterocycles. The van der Waals surface area contributed by atoms with Crippen molar-refractivity contribution in [2.45, 2.75) is 24.6 Å².